The molecule has 0 spiro atoms. The second kappa shape index (κ2) is 6.99. The predicted molar refractivity (Wildman–Crippen MR) is 92.4 cm³/mol. The van der Waals surface area contributed by atoms with Crippen molar-refractivity contribution >= 4 is 5.97 Å². The third-order valence-electron chi connectivity index (χ3n) is 4.74. The van der Waals surface area contributed by atoms with Gasteiger partial charge in [0.1, 0.15) is 6.10 Å². The maximum Gasteiger partial charge on any atom is 0.307 e. The lowest BCUT2D eigenvalue weighted by molar-refractivity contribution is -0.141. The highest BCUT2D eigenvalue weighted by atomic mass is 16.5. The van der Waals surface area contributed by atoms with Gasteiger partial charge in [-0.05, 0) is 42.0 Å². The van der Waals surface area contributed by atoms with Crippen molar-refractivity contribution in [1.82, 2.24) is 0 Å². The number of rotatable bonds is 5. The van der Waals surface area contributed by atoms with Crippen LogP contribution in [0.4, 0.5) is 0 Å². The standard InChI is InChI=1S/C21H24O2/c1-3-4-10-17-13-8-9-15(2)20(17)21-18(14-19(22)23-21)16-11-6-5-7-12-16/h5-9,11-13,18,21H,3-4,10,14H2,1-2H3/t18-,21-/m1/s1. The van der Waals surface area contributed by atoms with Gasteiger partial charge in [-0.3, -0.25) is 4.79 Å². The highest BCUT2D eigenvalue weighted by molar-refractivity contribution is 5.74. The average Bonchev–Trinajstić information content (AvgIpc) is 2.95. The van der Waals surface area contributed by atoms with Crippen molar-refractivity contribution in [2.24, 2.45) is 0 Å². The van der Waals surface area contributed by atoms with E-state index in [4.69, 9.17) is 4.74 Å². The first-order valence-corrected chi connectivity index (χ1v) is 8.53. The Bertz CT molecular complexity index is 675. The molecular formula is C21H24O2. The summed E-state index contributed by atoms with van der Waals surface area (Å²) >= 11 is 0. The summed E-state index contributed by atoms with van der Waals surface area (Å²) in [5, 5.41) is 0. The van der Waals surface area contributed by atoms with Crippen LogP contribution in [0.15, 0.2) is 48.5 Å². The SMILES string of the molecule is CCCCc1cccc(C)c1[C@@H]1OC(=O)C[C@@H]1c1ccccc1. The number of hydrogen-bond acceptors (Lipinski definition) is 2. The predicted octanol–water partition coefficient (Wildman–Crippen LogP) is 5.11. The summed E-state index contributed by atoms with van der Waals surface area (Å²) in [4.78, 5) is 12.0. The number of hydrogen-bond donors (Lipinski definition) is 0. The molecule has 1 aliphatic rings. The van der Waals surface area contributed by atoms with E-state index >= 15 is 0 Å². The van der Waals surface area contributed by atoms with Crippen molar-refractivity contribution in [1.29, 1.82) is 0 Å². The smallest absolute Gasteiger partial charge is 0.307 e. The van der Waals surface area contributed by atoms with E-state index < -0.39 is 0 Å². The van der Waals surface area contributed by atoms with E-state index in [2.05, 4.69) is 44.2 Å². The Kier molecular flexibility index (Phi) is 4.80. The van der Waals surface area contributed by atoms with Crippen LogP contribution in [0, 0.1) is 6.92 Å². The van der Waals surface area contributed by atoms with Gasteiger partial charge in [0.05, 0.1) is 6.42 Å². The summed E-state index contributed by atoms with van der Waals surface area (Å²) in [6.45, 7) is 4.33. The van der Waals surface area contributed by atoms with Crippen LogP contribution in [0.25, 0.3) is 0 Å². The number of cyclic esters (lactones) is 1. The van der Waals surface area contributed by atoms with Crippen LogP contribution < -0.4 is 0 Å². The summed E-state index contributed by atoms with van der Waals surface area (Å²) in [6, 6.07) is 16.7. The molecule has 120 valence electrons. The molecule has 2 heteroatoms. The van der Waals surface area contributed by atoms with E-state index in [9.17, 15) is 4.79 Å². The largest absolute Gasteiger partial charge is 0.457 e. The molecule has 1 fully saturated rings. The quantitative estimate of drug-likeness (QED) is 0.717. The molecule has 1 saturated heterocycles. The monoisotopic (exact) mass is 308 g/mol. The van der Waals surface area contributed by atoms with Crippen LogP contribution in [0.3, 0.4) is 0 Å². The number of unbranched alkanes of at least 4 members (excludes halogenated alkanes) is 1. The third-order valence-corrected chi connectivity index (χ3v) is 4.74. The lowest BCUT2D eigenvalue weighted by Crippen LogP contribution is -2.11. The highest BCUT2D eigenvalue weighted by Crippen LogP contribution is 2.44. The second-order valence-electron chi connectivity index (χ2n) is 6.38. The van der Waals surface area contributed by atoms with Crippen molar-refractivity contribution in [3.63, 3.8) is 0 Å². The summed E-state index contributed by atoms with van der Waals surface area (Å²) in [5.74, 6) is 0.0266. The molecule has 1 heterocycles. The number of ether oxygens (including phenoxy) is 1. The van der Waals surface area contributed by atoms with Gasteiger partial charge < -0.3 is 4.74 Å². The van der Waals surface area contributed by atoms with E-state index in [1.165, 1.54) is 28.7 Å². The van der Waals surface area contributed by atoms with Gasteiger partial charge in [-0.15, -0.1) is 0 Å². The van der Waals surface area contributed by atoms with Crippen molar-refractivity contribution in [3.8, 4) is 0 Å². The minimum absolute atomic E-state index is 0.0893. The van der Waals surface area contributed by atoms with E-state index in [1.807, 2.05) is 18.2 Å². The van der Waals surface area contributed by atoms with Crippen molar-refractivity contribution < 1.29 is 9.53 Å². The fourth-order valence-electron chi connectivity index (χ4n) is 3.55. The average molecular weight is 308 g/mol. The maximum absolute atomic E-state index is 12.0. The number of benzene rings is 2. The fourth-order valence-corrected chi connectivity index (χ4v) is 3.55. The molecule has 0 radical (unpaired) electrons. The molecule has 1 aliphatic heterocycles. The van der Waals surface area contributed by atoms with E-state index in [0.717, 1.165) is 12.8 Å². The van der Waals surface area contributed by atoms with Gasteiger partial charge in [0.25, 0.3) is 0 Å². The van der Waals surface area contributed by atoms with Gasteiger partial charge in [-0.1, -0.05) is 61.9 Å². The van der Waals surface area contributed by atoms with Crippen molar-refractivity contribution in [2.45, 2.75) is 51.6 Å². The van der Waals surface area contributed by atoms with Crippen LogP contribution in [-0.4, -0.2) is 5.97 Å². The lowest BCUT2D eigenvalue weighted by atomic mass is 9.84. The lowest BCUT2D eigenvalue weighted by Gasteiger charge is -2.23. The van der Waals surface area contributed by atoms with Gasteiger partial charge in [0.15, 0.2) is 0 Å². The first-order chi connectivity index (χ1) is 11.2. The highest BCUT2D eigenvalue weighted by Gasteiger charge is 2.38. The number of carbonyl (C=O) groups excluding carboxylic acids is 1. The van der Waals surface area contributed by atoms with Gasteiger partial charge in [0, 0.05) is 5.92 Å². The first-order valence-electron chi connectivity index (χ1n) is 8.53. The minimum Gasteiger partial charge on any atom is -0.457 e. The molecule has 0 aliphatic carbocycles. The Morgan fingerprint density at radius 1 is 1.09 bits per heavy atom. The fraction of sp³-hybridized carbons (Fsp3) is 0.381. The first kappa shape index (κ1) is 15.8. The zero-order valence-electron chi connectivity index (χ0n) is 13.9. The Balaban J connectivity index is 2.00. The van der Waals surface area contributed by atoms with Gasteiger partial charge in [0.2, 0.25) is 0 Å². The van der Waals surface area contributed by atoms with Gasteiger partial charge in [-0.25, -0.2) is 0 Å². The van der Waals surface area contributed by atoms with Crippen LogP contribution in [-0.2, 0) is 16.0 Å². The van der Waals surface area contributed by atoms with Crippen molar-refractivity contribution in [3.05, 3.63) is 70.8 Å². The molecular weight excluding hydrogens is 284 g/mol. The van der Waals surface area contributed by atoms with Gasteiger partial charge in [-0.2, -0.15) is 0 Å². The topological polar surface area (TPSA) is 26.3 Å². The molecule has 2 aromatic rings. The molecule has 2 atom stereocenters. The summed E-state index contributed by atoms with van der Waals surface area (Å²) < 4.78 is 5.78. The Labute approximate surface area is 138 Å². The molecule has 0 aromatic heterocycles. The van der Waals surface area contributed by atoms with Crippen LogP contribution >= 0.6 is 0 Å². The summed E-state index contributed by atoms with van der Waals surface area (Å²) in [7, 11) is 0. The van der Waals surface area contributed by atoms with Crippen molar-refractivity contribution in [2.75, 3.05) is 0 Å². The zero-order chi connectivity index (χ0) is 16.2. The maximum atomic E-state index is 12.0. The van der Waals surface area contributed by atoms with E-state index in [1.54, 1.807) is 0 Å². The Morgan fingerprint density at radius 3 is 2.61 bits per heavy atom. The number of carbonyl (C=O) groups is 1. The summed E-state index contributed by atoms with van der Waals surface area (Å²) in [5.41, 5.74) is 4.96. The van der Waals surface area contributed by atoms with Crippen LogP contribution in [0.1, 0.15) is 60.5 Å². The molecule has 0 bridgehead atoms. The Hall–Kier alpha value is -2.09. The molecule has 0 amide bonds. The normalized spacial score (nSPS) is 20.5. The number of aryl methyl sites for hydroxylation is 2. The molecule has 23 heavy (non-hydrogen) atoms. The van der Waals surface area contributed by atoms with E-state index in [0.29, 0.717) is 6.42 Å². The van der Waals surface area contributed by atoms with Crippen LogP contribution in [0.2, 0.25) is 0 Å². The molecule has 0 saturated carbocycles. The molecule has 2 aromatic carbocycles. The molecule has 0 N–H and O–H groups in total. The zero-order valence-corrected chi connectivity index (χ0v) is 13.9. The molecule has 3 rings (SSSR count). The number of esters is 1. The van der Waals surface area contributed by atoms with Crippen LogP contribution in [0.5, 0.6) is 0 Å². The molecule has 0 unspecified atom stereocenters. The third kappa shape index (κ3) is 3.31. The summed E-state index contributed by atoms with van der Waals surface area (Å²) in [6.07, 6.45) is 3.68. The van der Waals surface area contributed by atoms with Gasteiger partial charge >= 0.3 is 5.97 Å². The van der Waals surface area contributed by atoms with E-state index in [-0.39, 0.29) is 18.0 Å². The Morgan fingerprint density at radius 2 is 1.87 bits per heavy atom. The molecule has 2 nitrogen and oxygen atoms in total. The second-order valence-corrected chi connectivity index (χ2v) is 6.38. The minimum atomic E-state index is -0.155.